The number of imidazole rings is 1. The Bertz CT molecular complexity index is 800. The van der Waals surface area contributed by atoms with Crippen molar-refractivity contribution in [2.24, 2.45) is 0 Å². The molecule has 20 heavy (non-hydrogen) atoms. The predicted octanol–water partition coefficient (Wildman–Crippen LogP) is 4.01. The smallest absolute Gasteiger partial charge is 0.181 e. The van der Waals surface area contributed by atoms with Gasteiger partial charge in [0, 0.05) is 16.2 Å². The molecule has 2 N–H and O–H groups in total. The third-order valence-corrected chi connectivity index (χ3v) is 4.30. The zero-order valence-electron chi connectivity index (χ0n) is 10.6. The van der Waals surface area contributed by atoms with Gasteiger partial charge in [0.25, 0.3) is 0 Å². The molecule has 0 aliphatic rings. The maximum absolute atomic E-state index is 6.17. The zero-order valence-corrected chi connectivity index (χ0v) is 12.9. The van der Waals surface area contributed by atoms with Gasteiger partial charge in [0.2, 0.25) is 0 Å². The van der Waals surface area contributed by atoms with Crippen LogP contribution in [0.4, 0.5) is 5.82 Å². The number of methoxy groups -OCH3 is 1. The molecule has 0 aliphatic heterocycles. The van der Waals surface area contributed by atoms with E-state index in [-0.39, 0.29) is 0 Å². The first-order chi connectivity index (χ1) is 9.61. The van der Waals surface area contributed by atoms with E-state index in [0.29, 0.717) is 27.9 Å². The number of nitrogen functional groups attached to an aromatic ring is 1. The minimum Gasteiger partial charge on any atom is -0.493 e. The van der Waals surface area contributed by atoms with E-state index in [1.165, 1.54) is 0 Å². The van der Waals surface area contributed by atoms with Crippen LogP contribution in [0.1, 0.15) is 0 Å². The molecule has 2 heterocycles. The molecule has 6 heteroatoms. The van der Waals surface area contributed by atoms with Crippen molar-refractivity contribution in [2.45, 2.75) is 0 Å². The summed E-state index contributed by atoms with van der Waals surface area (Å²) in [5.74, 6) is 1.23. The maximum atomic E-state index is 6.17. The van der Waals surface area contributed by atoms with E-state index < -0.39 is 0 Å². The number of hydrogen-bond donors (Lipinski definition) is 1. The van der Waals surface area contributed by atoms with Gasteiger partial charge in [0.05, 0.1) is 12.1 Å². The number of ether oxygens (including phenoxy) is 1. The van der Waals surface area contributed by atoms with E-state index in [1.54, 1.807) is 11.5 Å². The van der Waals surface area contributed by atoms with Crippen LogP contribution in [-0.2, 0) is 0 Å². The molecule has 0 bridgehead atoms. The van der Waals surface area contributed by atoms with E-state index in [0.717, 1.165) is 10.0 Å². The molecule has 0 spiro atoms. The van der Waals surface area contributed by atoms with Gasteiger partial charge in [0.1, 0.15) is 11.5 Å². The Morgan fingerprint density at radius 1 is 1.35 bits per heavy atom. The van der Waals surface area contributed by atoms with Crippen molar-refractivity contribution in [3.63, 3.8) is 0 Å². The zero-order chi connectivity index (χ0) is 14.3. The number of benzene rings is 1. The monoisotopic (exact) mass is 351 g/mol. The van der Waals surface area contributed by atoms with Crippen LogP contribution in [0.2, 0.25) is 5.02 Å². The Kier molecular flexibility index (Phi) is 3.31. The number of rotatable bonds is 2. The molecule has 0 atom stereocenters. The summed E-state index contributed by atoms with van der Waals surface area (Å²) >= 11 is 9.50. The molecule has 0 aliphatic carbocycles. The summed E-state index contributed by atoms with van der Waals surface area (Å²) < 4.78 is 7.93. The number of nitrogens with zero attached hydrogens (tertiary/aromatic N) is 2. The van der Waals surface area contributed by atoms with Gasteiger partial charge in [-0.3, -0.25) is 4.40 Å². The minimum atomic E-state index is 0.553. The van der Waals surface area contributed by atoms with Crippen molar-refractivity contribution in [2.75, 3.05) is 12.8 Å². The number of pyridine rings is 1. The number of aromatic nitrogens is 2. The fourth-order valence-corrected chi connectivity index (χ4v) is 2.50. The largest absolute Gasteiger partial charge is 0.493 e. The van der Waals surface area contributed by atoms with E-state index in [2.05, 4.69) is 20.9 Å². The van der Waals surface area contributed by atoms with Crippen LogP contribution in [0.3, 0.4) is 0 Å². The summed E-state index contributed by atoms with van der Waals surface area (Å²) in [6.45, 7) is 0. The highest BCUT2D eigenvalue weighted by Gasteiger charge is 2.14. The molecule has 0 fully saturated rings. The first kappa shape index (κ1) is 13.3. The van der Waals surface area contributed by atoms with Crippen LogP contribution in [0.15, 0.2) is 41.0 Å². The quantitative estimate of drug-likeness (QED) is 0.758. The number of hydrogen-bond acceptors (Lipinski definition) is 3. The Hall–Kier alpha value is -1.72. The van der Waals surface area contributed by atoms with Crippen molar-refractivity contribution in [1.29, 1.82) is 0 Å². The standard InChI is InChI=1S/C14H11BrClN3O/c1-20-11-3-2-6-19-13(17)12(18-14(11)19)8-4-5-9(15)10(16)7-8/h2-7H,17H2,1H3. The molecule has 102 valence electrons. The Morgan fingerprint density at radius 2 is 2.15 bits per heavy atom. The summed E-state index contributed by atoms with van der Waals surface area (Å²) in [6.07, 6.45) is 1.85. The summed E-state index contributed by atoms with van der Waals surface area (Å²) in [7, 11) is 1.61. The van der Waals surface area contributed by atoms with Crippen molar-refractivity contribution in [3.05, 3.63) is 46.0 Å². The number of fused-ring (bicyclic) bond motifs is 1. The second kappa shape index (κ2) is 5.00. The molecule has 0 amide bonds. The first-order valence-electron chi connectivity index (χ1n) is 5.88. The lowest BCUT2D eigenvalue weighted by Gasteiger charge is -2.02. The average Bonchev–Trinajstić information content (AvgIpc) is 2.79. The molecular formula is C14H11BrClN3O. The van der Waals surface area contributed by atoms with Gasteiger partial charge < -0.3 is 10.5 Å². The summed E-state index contributed by atoms with van der Waals surface area (Å²) in [5.41, 5.74) is 8.40. The Balaban J connectivity index is 2.26. The lowest BCUT2D eigenvalue weighted by atomic mass is 10.1. The minimum absolute atomic E-state index is 0.553. The summed E-state index contributed by atoms with van der Waals surface area (Å²) in [4.78, 5) is 4.56. The van der Waals surface area contributed by atoms with Crippen molar-refractivity contribution in [3.8, 4) is 17.0 Å². The summed E-state index contributed by atoms with van der Waals surface area (Å²) in [5, 5.41) is 0.617. The van der Waals surface area contributed by atoms with E-state index >= 15 is 0 Å². The van der Waals surface area contributed by atoms with E-state index in [4.69, 9.17) is 22.1 Å². The van der Waals surface area contributed by atoms with Crippen molar-refractivity contribution in [1.82, 2.24) is 9.38 Å². The topological polar surface area (TPSA) is 52.5 Å². The fourth-order valence-electron chi connectivity index (χ4n) is 2.08. The van der Waals surface area contributed by atoms with Gasteiger partial charge in [0.15, 0.2) is 11.4 Å². The maximum Gasteiger partial charge on any atom is 0.181 e. The van der Waals surface area contributed by atoms with Crippen LogP contribution < -0.4 is 10.5 Å². The number of nitrogens with two attached hydrogens (primary N) is 1. The van der Waals surface area contributed by atoms with Crippen molar-refractivity contribution >= 4 is 39.0 Å². The predicted molar refractivity (Wildman–Crippen MR) is 84.3 cm³/mol. The lowest BCUT2D eigenvalue weighted by Crippen LogP contribution is -1.95. The molecule has 0 saturated carbocycles. The number of halogens is 2. The van der Waals surface area contributed by atoms with Crippen LogP contribution in [0, 0.1) is 0 Å². The molecule has 1 aromatic carbocycles. The second-order valence-electron chi connectivity index (χ2n) is 4.24. The molecular weight excluding hydrogens is 342 g/mol. The van der Waals surface area contributed by atoms with E-state index in [1.807, 2.05) is 36.5 Å². The Morgan fingerprint density at radius 3 is 2.85 bits per heavy atom. The van der Waals surface area contributed by atoms with E-state index in [9.17, 15) is 0 Å². The fraction of sp³-hybridized carbons (Fsp3) is 0.0714. The summed E-state index contributed by atoms with van der Waals surface area (Å²) in [6, 6.07) is 9.33. The first-order valence-corrected chi connectivity index (χ1v) is 7.05. The molecule has 0 saturated heterocycles. The van der Waals surface area contributed by atoms with Gasteiger partial charge in [-0.15, -0.1) is 0 Å². The SMILES string of the molecule is COc1cccn2c(N)c(-c3ccc(Br)c(Cl)c3)nc12. The van der Waals surface area contributed by atoms with Crippen LogP contribution in [-0.4, -0.2) is 16.5 Å². The van der Waals surface area contributed by atoms with Crippen molar-refractivity contribution < 1.29 is 4.74 Å². The lowest BCUT2D eigenvalue weighted by molar-refractivity contribution is 0.417. The van der Waals surface area contributed by atoms with Gasteiger partial charge in [-0.25, -0.2) is 4.98 Å². The third kappa shape index (κ3) is 2.03. The average molecular weight is 353 g/mol. The Labute approximate surface area is 129 Å². The highest BCUT2D eigenvalue weighted by molar-refractivity contribution is 9.10. The van der Waals surface area contributed by atoms with Gasteiger partial charge >= 0.3 is 0 Å². The molecule has 0 radical (unpaired) electrons. The third-order valence-electron chi connectivity index (χ3n) is 3.06. The normalized spacial score (nSPS) is 10.9. The van der Waals surface area contributed by atoms with Gasteiger partial charge in [-0.05, 0) is 40.2 Å². The molecule has 2 aromatic heterocycles. The highest BCUT2D eigenvalue weighted by atomic mass is 79.9. The highest BCUT2D eigenvalue weighted by Crippen LogP contribution is 2.33. The van der Waals surface area contributed by atoms with Crippen LogP contribution in [0.5, 0.6) is 5.75 Å². The van der Waals surface area contributed by atoms with Gasteiger partial charge in [-0.1, -0.05) is 17.7 Å². The van der Waals surface area contributed by atoms with Crippen LogP contribution in [0.25, 0.3) is 16.9 Å². The molecule has 4 nitrogen and oxygen atoms in total. The molecule has 3 rings (SSSR count). The molecule has 3 aromatic rings. The molecule has 0 unspecified atom stereocenters. The van der Waals surface area contributed by atoms with Crippen LogP contribution >= 0.6 is 27.5 Å². The second-order valence-corrected chi connectivity index (χ2v) is 5.51. The van der Waals surface area contributed by atoms with Gasteiger partial charge in [-0.2, -0.15) is 0 Å². The number of anilines is 1.